The van der Waals surface area contributed by atoms with E-state index < -0.39 is 0 Å². The van der Waals surface area contributed by atoms with Gasteiger partial charge < -0.3 is 5.32 Å². The summed E-state index contributed by atoms with van der Waals surface area (Å²) in [5.41, 5.74) is 5.89. The highest BCUT2D eigenvalue weighted by Gasteiger charge is 2.15. The van der Waals surface area contributed by atoms with Gasteiger partial charge in [0.25, 0.3) is 5.91 Å². The van der Waals surface area contributed by atoms with Crippen molar-refractivity contribution in [3.8, 4) is 0 Å². The Morgan fingerprint density at radius 2 is 1.78 bits per heavy atom. The van der Waals surface area contributed by atoms with E-state index in [2.05, 4.69) is 40.5 Å². The van der Waals surface area contributed by atoms with E-state index in [0.717, 1.165) is 42.7 Å². The first kappa shape index (κ1) is 15.8. The molecule has 2 aromatic carbocycles. The molecule has 0 saturated carbocycles. The molecular weight excluding hydrogens is 284 g/mol. The van der Waals surface area contributed by atoms with E-state index in [9.17, 15) is 4.79 Å². The third kappa shape index (κ3) is 3.99. The zero-order valence-electron chi connectivity index (χ0n) is 13.9. The molecule has 0 spiro atoms. The van der Waals surface area contributed by atoms with Crippen LogP contribution in [0.15, 0.2) is 42.5 Å². The number of benzene rings is 2. The third-order valence-corrected chi connectivity index (χ3v) is 4.41. The highest BCUT2D eigenvalue weighted by Crippen LogP contribution is 2.17. The summed E-state index contributed by atoms with van der Waals surface area (Å²) in [5, 5.41) is 3.04. The first-order chi connectivity index (χ1) is 11.1. The normalized spacial score (nSPS) is 14.3. The van der Waals surface area contributed by atoms with Crippen molar-refractivity contribution in [2.24, 2.45) is 0 Å². The Labute approximate surface area is 138 Å². The molecule has 0 fully saturated rings. The Bertz CT molecular complexity index is 688. The van der Waals surface area contributed by atoms with Gasteiger partial charge in [0.1, 0.15) is 0 Å². The van der Waals surface area contributed by atoms with E-state index in [1.54, 1.807) is 0 Å². The first-order valence-corrected chi connectivity index (χ1v) is 8.27. The van der Waals surface area contributed by atoms with Gasteiger partial charge in [-0.2, -0.15) is 0 Å². The van der Waals surface area contributed by atoms with Crippen LogP contribution in [0.5, 0.6) is 0 Å². The SMILES string of the molecule is Cc1cc(C)cc(C(=O)NCCN2CCc3ccccc3C2)c1. The van der Waals surface area contributed by atoms with E-state index in [1.165, 1.54) is 11.1 Å². The smallest absolute Gasteiger partial charge is 0.251 e. The summed E-state index contributed by atoms with van der Waals surface area (Å²) >= 11 is 0. The molecule has 0 bridgehead atoms. The van der Waals surface area contributed by atoms with Crippen molar-refractivity contribution in [2.75, 3.05) is 19.6 Å². The lowest BCUT2D eigenvalue weighted by atomic mass is 10.00. The maximum Gasteiger partial charge on any atom is 0.251 e. The molecule has 0 atom stereocenters. The fourth-order valence-corrected chi connectivity index (χ4v) is 3.28. The largest absolute Gasteiger partial charge is 0.351 e. The molecule has 0 unspecified atom stereocenters. The van der Waals surface area contributed by atoms with E-state index in [1.807, 2.05) is 26.0 Å². The maximum absolute atomic E-state index is 12.3. The molecule has 3 heteroatoms. The Morgan fingerprint density at radius 3 is 2.52 bits per heavy atom. The van der Waals surface area contributed by atoms with Crippen LogP contribution < -0.4 is 5.32 Å². The molecule has 1 amide bonds. The fourth-order valence-electron chi connectivity index (χ4n) is 3.28. The van der Waals surface area contributed by atoms with Crippen LogP contribution in [-0.2, 0) is 13.0 Å². The van der Waals surface area contributed by atoms with Gasteiger partial charge in [-0.25, -0.2) is 0 Å². The monoisotopic (exact) mass is 308 g/mol. The zero-order chi connectivity index (χ0) is 16.2. The quantitative estimate of drug-likeness (QED) is 0.941. The van der Waals surface area contributed by atoms with Crippen LogP contribution >= 0.6 is 0 Å². The van der Waals surface area contributed by atoms with Gasteiger partial charge in [-0.3, -0.25) is 9.69 Å². The highest BCUT2D eigenvalue weighted by molar-refractivity contribution is 5.94. The summed E-state index contributed by atoms with van der Waals surface area (Å²) in [6.07, 6.45) is 1.10. The number of fused-ring (bicyclic) bond motifs is 1. The topological polar surface area (TPSA) is 32.3 Å². The number of nitrogens with zero attached hydrogens (tertiary/aromatic N) is 1. The Kier molecular flexibility index (Phi) is 4.77. The number of rotatable bonds is 4. The molecule has 23 heavy (non-hydrogen) atoms. The van der Waals surface area contributed by atoms with Crippen LogP contribution in [0, 0.1) is 13.8 Å². The molecule has 0 saturated heterocycles. The lowest BCUT2D eigenvalue weighted by Gasteiger charge is -2.28. The van der Waals surface area contributed by atoms with Gasteiger partial charge in [0.15, 0.2) is 0 Å². The minimum atomic E-state index is 0.0224. The molecule has 1 aliphatic heterocycles. The molecule has 1 aliphatic rings. The summed E-state index contributed by atoms with van der Waals surface area (Å²) in [6, 6.07) is 14.6. The van der Waals surface area contributed by atoms with Crippen LogP contribution in [0.2, 0.25) is 0 Å². The van der Waals surface area contributed by atoms with Crippen molar-refractivity contribution in [1.29, 1.82) is 0 Å². The molecule has 120 valence electrons. The minimum absolute atomic E-state index is 0.0224. The number of hydrogen-bond acceptors (Lipinski definition) is 2. The summed E-state index contributed by atoms with van der Waals surface area (Å²) in [4.78, 5) is 14.7. The second kappa shape index (κ2) is 6.97. The van der Waals surface area contributed by atoms with Gasteiger partial charge in [-0.1, -0.05) is 41.5 Å². The second-order valence-corrected chi connectivity index (χ2v) is 6.43. The van der Waals surface area contributed by atoms with Gasteiger partial charge >= 0.3 is 0 Å². The molecule has 0 aromatic heterocycles. The van der Waals surface area contributed by atoms with Gasteiger partial charge in [0, 0.05) is 31.7 Å². The number of hydrogen-bond donors (Lipinski definition) is 1. The van der Waals surface area contributed by atoms with Gasteiger partial charge in [0.05, 0.1) is 0 Å². The number of carbonyl (C=O) groups is 1. The van der Waals surface area contributed by atoms with E-state index >= 15 is 0 Å². The molecule has 1 N–H and O–H groups in total. The summed E-state index contributed by atoms with van der Waals surface area (Å²) < 4.78 is 0. The van der Waals surface area contributed by atoms with E-state index in [-0.39, 0.29) is 5.91 Å². The molecule has 3 nitrogen and oxygen atoms in total. The standard InChI is InChI=1S/C20H24N2O/c1-15-11-16(2)13-19(12-15)20(23)21-8-10-22-9-7-17-5-3-4-6-18(17)14-22/h3-6,11-13H,7-10,14H2,1-2H3,(H,21,23). The van der Waals surface area contributed by atoms with Crippen molar-refractivity contribution >= 4 is 5.91 Å². The van der Waals surface area contributed by atoms with Crippen molar-refractivity contribution < 1.29 is 4.79 Å². The van der Waals surface area contributed by atoms with Crippen molar-refractivity contribution in [2.45, 2.75) is 26.8 Å². The molecule has 2 aromatic rings. The minimum Gasteiger partial charge on any atom is -0.351 e. The van der Waals surface area contributed by atoms with E-state index in [4.69, 9.17) is 0 Å². The summed E-state index contributed by atoms with van der Waals surface area (Å²) in [7, 11) is 0. The summed E-state index contributed by atoms with van der Waals surface area (Å²) in [6.45, 7) is 7.68. The molecule has 0 aliphatic carbocycles. The maximum atomic E-state index is 12.3. The number of carbonyl (C=O) groups excluding carboxylic acids is 1. The van der Waals surface area contributed by atoms with Crippen LogP contribution in [-0.4, -0.2) is 30.4 Å². The van der Waals surface area contributed by atoms with Gasteiger partial charge in [-0.05, 0) is 43.5 Å². The van der Waals surface area contributed by atoms with Crippen molar-refractivity contribution in [3.63, 3.8) is 0 Å². The Hall–Kier alpha value is -2.13. The first-order valence-electron chi connectivity index (χ1n) is 8.27. The predicted octanol–water partition coefficient (Wildman–Crippen LogP) is 3.09. The Balaban J connectivity index is 1.51. The van der Waals surface area contributed by atoms with Gasteiger partial charge in [0.2, 0.25) is 0 Å². The molecule has 3 rings (SSSR count). The fraction of sp³-hybridized carbons (Fsp3) is 0.350. The average Bonchev–Trinajstić information content (AvgIpc) is 2.53. The van der Waals surface area contributed by atoms with Crippen molar-refractivity contribution in [3.05, 3.63) is 70.3 Å². The third-order valence-electron chi connectivity index (χ3n) is 4.41. The summed E-state index contributed by atoms with van der Waals surface area (Å²) in [5.74, 6) is 0.0224. The zero-order valence-corrected chi connectivity index (χ0v) is 13.9. The molecule has 0 radical (unpaired) electrons. The number of amides is 1. The van der Waals surface area contributed by atoms with Crippen LogP contribution in [0.1, 0.15) is 32.6 Å². The predicted molar refractivity (Wildman–Crippen MR) is 93.7 cm³/mol. The highest BCUT2D eigenvalue weighted by atomic mass is 16.1. The molecular formula is C20H24N2O. The van der Waals surface area contributed by atoms with Crippen LogP contribution in [0.25, 0.3) is 0 Å². The van der Waals surface area contributed by atoms with Crippen LogP contribution in [0.4, 0.5) is 0 Å². The van der Waals surface area contributed by atoms with Crippen molar-refractivity contribution in [1.82, 2.24) is 10.2 Å². The average molecular weight is 308 g/mol. The van der Waals surface area contributed by atoms with Crippen LogP contribution in [0.3, 0.4) is 0 Å². The molecule has 1 heterocycles. The van der Waals surface area contributed by atoms with Gasteiger partial charge in [-0.15, -0.1) is 0 Å². The number of aryl methyl sites for hydroxylation is 2. The lowest BCUT2D eigenvalue weighted by Crippen LogP contribution is -2.37. The second-order valence-electron chi connectivity index (χ2n) is 6.43. The lowest BCUT2D eigenvalue weighted by molar-refractivity contribution is 0.0947. The Morgan fingerprint density at radius 1 is 1.09 bits per heavy atom. The van der Waals surface area contributed by atoms with E-state index in [0.29, 0.717) is 6.54 Å². The number of nitrogens with one attached hydrogen (secondary N) is 1.